The number of nitrogens with zero attached hydrogens (tertiary/aromatic N) is 3. The summed E-state index contributed by atoms with van der Waals surface area (Å²) in [7, 11) is -1.25. The van der Waals surface area contributed by atoms with Gasteiger partial charge in [0, 0.05) is 26.3 Å². The van der Waals surface area contributed by atoms with E-state index in [-0.39, 0.29) is 22.6 Å². The van der Waals surface area contributed by atoms with Crippen molar-refractivity contribution in [3.63, 3.8) is 0 Å². The Morgan fingerprint density at radius 2 is 1.72 bits per heavy atom. The third kappa shape index (κ3) is 3.63. The lowest BCUT2D eigenvalue weighted by molar-refractivity contribution is -0.119. The van der Waals surface area contributed by atoms with Crippen LogP contribution >= 0.6 is 0 Å². The smallest absolute Gasteiger partial charge is 0.316 e. The number of nitrogens with one attached hydrogen (secondary N) is 1. The van der Waals surface area contributed by atoms with Crippen LogP contribution in [-0.4, -0.2) is 40.4 Å². The van der Waals surface area contributed by atoms with Gasteiger partial charge in [0.05, 0.1) is 15.9 Å². The Balaban J connectivity index is 1.70. The number of amides is 1. The number of sulfonamides is 1. The summed E-state index contributed by atoms with van der Waals surface area (Å²) in [5.41, 5.74) is -0.579. The SMILES string of the molecule is Cn1c(=O)c(=O)n(C)c2cc(S(=O)(=O)N3CCC[C@@H]3C(=O)Nc3cccc(F)c3)ccc21. The quantitative estimate of drug-likeness (QED) is 0.588. The number of hydrogen-bond acceptors (Lipinski definition) is 5. The van der Waals surface area contributed by atoms with Crippen molar-refractivity contribution >= 4 is 32.7 Å². The third-order valence-corrected chi connectivity index (χ3v) is 7.57. The maximum Gasteiger partial charge on any atom is 0.316 e. The van der Waals surface area contributed by atoms with Crippen molar-refractivity contribution in [3.05, 3.63) is 69.0 Å². The highest BCUT2D eigenvalue weighted by molar-refractivity contribution is 7.89. The second-order valence-electron chi connectivity index (χ2n) is 7.65. The summed E-state index contributed by atoms with van der Waals surface area (Å²) < 4.78 is 43.6. The minimum atomic E-state index is -4.08. The lowest BCUT2D eigenvalue weighted by atomic mass is 10.2. The molecule has 2 heterocycles. The van der Waals surface area contributed by atoms with Crippen LogP contribution in [-0.2, 0) is 28.9 Å². The van der Waals surface area contributed by atoms with Crippen molar-refractivity contribution < 1.29 is 17.6 Å². The predicted molar refractivity (Wildman–Crippen MR) is 116 cm³/mol. The summed E-state index contributed by atoms with van der Waals surface area (Å²) in [5, 5.41) is 2.57. The fourth-order valence-electron chi connectivity index (χ4n) is 3.94. The van der Waals surface area contributed by atoms with Crippen LogP contribution in [0.1, 0.15) is 12.8 Å². The first-order valence-electron chi connectivity index (χ1n) is 9.89. The largest absolute Gasteiger partial charge is 0.325 e. The number of fused-ring (bicyclic) bond motifs is 1. The number of carbonyl (C=O) groups is 1. The van der Waals surface area contributed by atoms with Gasteiger partial charge in [0.1, 0.15) is 11.9 Å². The highest BCUT2D eigenvalue weighted by atomic mass is 32.2. The number of aromatic nitrogens is 2. The van der Waals surface area contributed by atoms with Crippen LogP contribution in [0.2, 0.25) is 0 Å². The van der Waals surface area contributed by atoms with Crippen LogP contribution in [0.3, 0.4) is 0 Å². The second-order valence-corrected chi connectivity index (χ2v) is 9.54. The first-order valence-corrected chi connectivity index (χ1v) is 11.3. The van der Waals surface area contributed by atoms with Crippen molar-refractivity contribution in [2.24, 2.45) is 14.1 Å². The molecule has 1 aromatic heterocycles. The zero-order chi connectivity index (χ0) is 23.2. The highest BCUT2D eigenvalue weighted by Gasteiger charge is 2.39. The number of hydrogen-bond donors (Lipinski definition) is 1. The summed E-state index contributed by atoms with van der Waals surface area (Å²) in [5.74, 6) is -1.07. The van der Waals surface area contributed by atoms with E-state index in [1.807, 2.05) is 0 Å². The molecule has 0 saturated carbocycles. The van der Waals surface area contributed by atoms with Crippen LogP contribution in [0.4, 0.5) is 10.1 Å². The van der Waals surface area contributed by atoms with Crippen LogP contribution in [0.15, 0.2) is 56.9 Å². The maximum atomic E-state index is 13.4. The van der Waals surface area contributed by atoms with E-state index in [1.54, 1.807) is 0 Å². The molecule has 2 aromatic carbocycles. The van der Waals surface area contributed by atoms with Gasteiger partial charge < -0.3 is 14.5 Å². The molecule has 1 atom stereocenters. The first kappa shape index (κ1) is 21.9. The van der Waals surface area contributed by atoms with Crippen LogP contribution in [0.5, 0.6) is 0 Å². The average Bonchev–Trinajstić information content (AvgIpc) is 3.27. The highest BCUT2D eigenvalue weighted by Crippen LogP contribution is 2.28. The molecular weight excluding hydrogens is 439 g/mol. The molecule has 1 aliphatic rings. The lowest BCUT2D eigenvalue weighted by Gasteiger charge is -2.24. The van der Waals surface area contributed by atoms with Gasteiger partial charge in [-0.25, -0.2) is 12.8 Å². The fourth-order valence-corrected chi connectivity index (χ4v) is 5.62. The van der Waals surface area contributed by atoms with Gasteiger partial charge in [-0.2, -0.15) is 4.31 Å². The monoisotopic (exact) mass is 460 g/mol. The Labute approximate surface area is 182 Å². The number of aryl methyl sites for hydroxylation is 2. The lowest BCUT2D eigenvalue weighted by Crippen LogP contribution is -2.43. The molecule has 0 unspecified atom stereocenters. The standard InChI is InChI=1S/C21H21FN4O5S/c1-24-16-9-8-15(12-18(16)25(2)21(29)20(24)28)32(30,31)26-10-4-7-17(26)19(27)23-14-6-3-5-13(22)11-14/h3,5-6,8-9,11-12,17H,4,7,10H2,1-2H3,(H,23,27)/t17-/m1/s1. The summed E-state index contributed by atoms with van der Waals surface area (Å²) in [6.07, 6.45) is 0.808. The Hall–Kier alpha value is -3.31. The number of rotatable bonds is 4. The maximum absolute atomic E-state index is 13.4. The molecule has 168 valence electrons. The van der Waals surface area contributed by atoms with Gasteiger partial charge >= 0.3 is 11.1 Å². The molecule has 0 bridgehead atoms. The van der Waals surface area contributed by atoms with Crippen molar-refractivity contribution in [1.82, 2.24) is 13.4 Å². The van der Waals surface area contributed by atoms with Crippen molar-refractivity contribution in [2.45, 2.75) is 23.8 Å². The summed E-state index contributed by atoms with van der Waals surface area (Å²) in [6, 6.07) is 8.53. The first-order chi connectivity index (χ1) is 15.1. The van der Waals surface area contributed by atoms with E-state index >= 15 is 0 Å². The van der Waals surface area contributed by atoms with E-state index in [0.29, 0.717) is 18.4 Å². The van der Waals surface area contributed by atoms with Crippen molar-refractivity contribution in [1.29, 1.82) is 0 Å². The van der Waals surface area contributed by atoms with Crippen LogP contribution < -0.4 is 16.4 Å². The van der Waals surface area contributed by atoms with Gasteiger partial charge in [-0.15, -0.1) is 0 Å². The minimum Gasteiger partial charge on any atom is -0.325 e. The molecule has 1 amide bonds. The Kier molecular flexibility index (Phi) is 5.47. The molecule has 1 N–H and O–H groups in total. The molecule has 0 spiro atoms. The van der Waals surface area contributed by atoms with Crippen LogP contribution in [0, 0.1) is 5.82 Å². The van der Waals surface area contributed by atoms with Gasteiger partial charge in [0.15, 0.2) is 0 Å². The number of carbonyl (C=O) groups excluding carboxylic acids is 1. The molecule has 0 radical (unpaired) electrons. The molecule has 0 aliphatic carbocycles. The normalized spacial score (nSPS) is 17.0. The minimum absolute atomic E-state index is 0.0934. The Morgan fingerprint density at radius 1 is 1.03 bits per heavy atom. The van der Waals surface area contributed by atoms with E-state index < -0.39 is 38.9 Å². The van der Waals surface area contributed by atoms with Gasteiger partial charge in [-0.05, 0) is 49.2 Å². The van der Waals surface area contributed by atoms with Crippen molar-refractivity contribution in [3.8, 4) is 0 Å². The van der Waals surface area contributed by atoms with Gasteiger partial charge in [-0.3, -0.25) is 14.4 Å². The molecule has 1 fully saturated rings. The number of benzene rings is 2. The van der Waals surface area contributed by atoms with Gasteiger partial charge in [-0.1, -0.05) is 6.07 Å². The second kappa shape index (κ2) is 7.99. The van der Waals surface area contributed by atoms with Crippen LogP contribution in [0.25, 0.3) is 11.0 Å². The zero-order valence-corrected chi connectivity index (χ0v) is 18.2. The van der Waals surface area contributed by atoms with Gasteiger partial charge in [0.2, 0.25) is 15.9 Å². The molecule has 4 rings (SSSR count). The number of halogens is 1. The van der Waals surface area contributed by atoms with Crippen molar-refractivity contribution in [2.75, 3.05) is 11.9 Å². The van der Waals surface area contributed by atoms with E-state index in [1.165, 1.54) is 55.1 Å². The average molecular weight is 460 g/mol. The Morgan fingerprint density at radius 3 is 2.41 bits per heavy atom. The predicted octanol–water partition coefficient (Wildman–Crippen LogP) is 1.17. The molecule has 1 saturated heterocycles. The number of anilines is 1. The molecule has 32 heavy (non-hydrogen) atoms. The summed E-state index contributed by atoms with van der Waals surface area (Å²) in [4.78, 5) is 36.9. The van der Waals surface area contributed by atoms with Gasteiger partial charge in [0.25, 0.3) is 0 Å². The fraction of sp³-hybridized carbons (Fsp3) is 0.286. The molecule has 3 aromatic rings. The molecule has 11 heteroatoms. The van der Waals surface area contributed by atoms with E-state index in [0.717, 1.165) is 14.9 Å². The third-order valence-electron chi connectivity index (χ3n) is 5.67. The molecule has 1 aliphatic heterocycles. The zero-order valence-electron chi connectivity index (χ0n) is 17.4. The molecular formula is C21H21FN4O5S. The molecule has 9 nitrogen and oxygen atoms in total. The van der Waals surface area contributed by atoms with E-state index in [4.69, 9.17) is 0 Å². The summed E-state index contributed by atoms with van der Waals surface area (Å²) in [6.45, 7) is 0.147. The van der Waals surface area contributed by atoms with E-state index in [9.17, 15) is 27.2 Å². The van der Waals surface area contributed by atoms with E-state index in [2.05, 4.69) is 5.32 Å². The summed E-state index contributed by atoms with van der Waals surface area (Å²) >= 11 is 0. The Bertz CT molecular complexity index is 1460. The topological polar surface area (TPSA) is 110 Å².